The predicted molar refractivity (Wildman–Crippen MR) is 78.9 cm³/mol. The summed E-state index contributed by atoms with van der Waals surface area (Å²) in [6, 6.07) is 0.108. The van der Waals surface area contributed by atoms with Gasteiger partial charge in [0, 0.05) is 32.2 Å². The van der Waals surface area contributed by atoms with Crippen molar-refractivity contribution in [3.05, 3.63) is 0 Å². The third-order valence-electron chi connectivity index (χ3n) is 2.67. The van der Waals surface area contributed by atoms with Gasteiger partial charge in [0.05, 0.1) is 33.0 Å². The molecule has 0 amide bonds. The summed E-state index contributed by atoms with van der Waals surface area (Å²) in [5, 5.41) is 3.23. The molecule has 20 heavy (non-hydrogen) atoms. The monoisotopic (exact) mass is 290 g/mol. The molecule has 0 bridgehead atoms. The Balaban J connectivity index is 3.06. The first-order valence-corrected chi connectivity index (χ1v) is 7.44. The molecule has 120 valence electrons. The minimum atomic E-state index is 0.108. The van der Waals surface area contributed by atoms with Crippen molar-refractivity contribution in [3.8, 4) is 0 Å². The van der Waals surface area contributed by atoms with Crippen LogP contribution in [0.4, 0.5) is 0 Å². The average Bonchev–Trinajstić information content (AvgIpc) is 2.45. The molecule has 0 saturated carbocycles. The summed E-state index contributed by atoms with van der Waals surface area (Å²) in [5.74, 6) is 0. The first-order chi connectivity index (χ1) is 9.81. The molecule has 0 saturated heterocycles. The molecule has 0 aliphatic rings. The molecule has 6 heteroatoms. The maximum absolute atomic E-state index is 10.2. The lowest BCUT2D eigenvalue weighted by Gasteiger charge is -2.12. The normalized spacial score (nSPS) is 12.5. The Hall–Kier alpha value is -0.530. The molecule has 0 aliphatic carbocycles. The van der Waals surface area contributed by atoms with E-state index in [4.69, 9.17) is 19.9 Å². The molecular formula is C14H30N2O4. The minimum absolute atomic E-state index is 0.108. The molecule has 0 heterocycles. The van der Waals surface area contributed by atoms with Gasteiger partial charge in [-0.05, 0) is 19.8 Å². The van der Waals surface area contributed by atoms with Crippen molar-refractivity contribution in [2.24, 2.45) is 5.73 Å². The van der Waals surface area contributed by atoms with Gasteiger partial charge in [0.25, 0.3) is 0 Å². The summed E-state index contributed by atoms with van der Waals surface area (Å²) < 4.78 is 15.9. The molecule has 6 nitrogen and oxygen atoms in total. The van der Waals surface area contributed by atoms with Crippen molar-refractivity contribution in [1.29, 1.82) is 0 Å². The number of unbranched alkanes of at least 4 members (excludes halogenated alkanes) is 1. The lowest BCUT2D eigenvalue weighted by atomic mass is 10.1. The summed E-state index contributed by atoms with van der Waals surface area (Å²) >= 11 is 0. The number of carbonyl (C=O) groups is 1. The quantitative estimate of drug-likeness (QED) is 0.315. The van der Waals surface area contributed by atoms with Gasteiger partial charge in [0.2, 0.25) is 0 Å². The van der Waals surface area contributed by atoms with E-state index in [1.54, 1.807) is 0 Å². The molecule has 1 unspecified atom stereocenters. The highest BCUT2D eigenvalue weighted by Gasteiger charge is 2.01. The Morgan fingerprint density at radius 2 is 1.75 bits per heavy atom. The second kappa shape index (κ2) is 16.5. The third kappa shape index (κ3) is 15.5. The topological polar surface area (TPSA) is 82.8 Å². The number of ether oxygens (including phenoxy) is 3. The number of hydrogen-bond acceptors (Lipinski definition) is 6. The van der Waals surface area contributed by atoms with Gasteiger partial charge in [-0.3, -0.25) is 0 Å². The van der Waals surface area contributed by atoms with E-state index in [9.17, 15) is 4.79 Å². The van der Waals surface area contributed by atoms with Crippen molar-refractivity contribution in [1.82, 2.24) is 5.32 Å². The second-order valence-electron chi connectivity index (χ2n) is 4.48. The second-order valence-corrected chi connectivity index (χ2v) is 4.48. The Labute approximate surface area is 122 Å². The van der Waals surface area contributed by atoms with Gasteiger partial charge < -0.3 is 30.1 Å². The Kier molecular flexibility index (Phi) is 16.1. The van der Waals surface area contributed by atoms with Crippen molar-refractivity contribution >= 4 is 6.29 Å². The van der Waals surface area contributed by atoms with Crippen LogP contribution in [0, 0.1) is 0 Å². The SMILES string of the molecule is CCOCCOCCOCCNCC(N)CCCC=O. The summed E-state index contributed by atoms with van der Waals surface area (Å²) in [7, 11) is 0. The van der Waals surface area contributed by atoms with E-state index < -0.39 is 0 Å². The van der Waals surface area contributed by atoms with Crippen LogP contribution in [0.15, 0.2) is 0 Å². The van der Waals surface area contributed by atoms with Gasteiger partial charge >= 0.3 is 0 Å². The summed E-state index contributed by atoms with van der Waals surface area (Å²) in [5.41, 5.74) is 5.88. The van der Waals surface area contributed by atoms with Crippen LogP contribution in [0.5, 0.6) is 0 Å². The molecule has 0 aromatic rings. The van der Waals surface area contributed by atoms with Crippen molar-refractivity contribution in [2.45, 2.75) is 32.2 Å². The van der Waals surface area contributed by atoms with Gasteiger partial charge in [-0.2, -0.15) is 0 Å². The first kappa shape index (κ1) is 19.5. The van der Waals surface area contributed by atoms with Crippen molar-refractivity contribution in [2.75, 3.05) is 52.7 Å². The number of aldehydes is 1. The number of carbonyl (C=O) groups excluding carboxylic acids is 1. The van der Waals surface area contributed by atoms with Gasteiger partial charge in [-0.25, -0.2) is 0 Å². The molecular weight excluding hydrogens is 260 g/mol. The maximum Gasteiger partial charge on any atom is 0.119 e. The van der Waals surface area contributed by atoms with E-state index in [1.165, 1.54) is 0 Å². The van der Waals surface area contributed by atoms with E-state index in [0.29, 0.717) is 39.5 Å². The largest absolute Gasteiger partial charge is 0.379 e. The molecule has 0 aromatic heterocycles. The van der Waals surface area contributed by atoms with Crippen LogP contribution in [-0.2, 0) is 19.0 Å². The molecule has 0 fully saturated rings. The average molecular weight is 290 g/mol. The summed E-state index contributed by atoms with van der Waals surface area (Å²) in [6.07, 6.45) is 3.27. The highest BCUT2D eigenvalue weighted by molar-refractivity contribution is 5.48. The number of hydrogen-bond donors (Lipinski definition) is 2. The van der Waals surface area contributed by atoms with E-state index in [0.717, 1.165) is 38.8 Å². The fourth-order valence-electron chi connectivity index (χ4n) is 1.58. The van der Waals surface area contributed by atoms with Gasteiger partial charge in [-0.1, -0.05) is 0 Å². The van der Waals surface area contributed by atoms with Crippen LogP contribution in [-0.4, -0.2) is 65.1 Å². The van der Waals surface area contributed by atoms with Crippen LogP contribution in [0.1, 0.15) is 26.2 Å². The molecule has 1 atom stereocenters. The van der Waals surface area contributed by atoms with Crippen LogP contribution in [0.25, 0.3) is 0 Å². The highest BCUT2D eigenvalue weighted by atomic mass is 16.5. The minimum Gasteiger partial charge on any atom is -0.379 e. The lowest BCUT2D eigenvalue weighted by molar-refractivity contribution is -0.107. The van der Waals surface area contributed by atoms with Crippen LogP contribution in [0.2, 0.25) is 0 Å². The Morgan fingerprint density at radius 3 is 2.40 bits per heavy atom. The smallest absolute Gasteiger partial charge is 0.119 e. The zero-order valence-corrected chi connectivity index (χ0v) is 12.6. The van der Waals surface area contributed by atoms with Crippen molar-refractivity contribution in [3.63, 3.8) is 0 Å². The number of nitrogens with two attached hydrogens (primary N) is 1. The van der Waals surface area contributed by atoms with Crippen LogP contribution >= 0.6 is 0 Å². The van der Waals surface area contributed by atoms with E-state index in [-0.39, 0.29) is 6.04 Å². The molecule has 0 rings (SSSR count). The maximum atomic E-state index is 10.2. The lowest BCUT2D eigenvalue weighted by Crippen LogP contribution is -2.35. The van der Waals surface area contributed by atoms with Crippen molar-refractivity contribution < 1.29 is 19.0 Å². The highest BCUT2D eigenvalue weighted by Crippen LogP contribution is 1.95. The zero-order valence-electron chi connectivity index (χ0n) is 12.6. The molecule has 3 N–H and O–H groups in total. The van der Waals surface area contributed by atoms with Crippen LogP contribution in [0.3, 0.4) is 0 Å². The fourth-order valence-corrected chi connectivity index (χ4v) is 1.58. The summed E-state index contributed by atoms with van der Waals surface area (Å²) in [6.45, 7) is 7.32. The Morgan fingerprint density at radius 1 is 1.10 bits per heavy atom. The third-order valence-corrected chi connectivity index (χ3v) is 2.67. The fraction of sp³-hybridized carbons (Fsp3) is 0.929. The van der Waals surface area contributed by atoms with E-state index in [2.05, 4.69) is 5.32 Å². The van der Waals surface area contributed by atoms with Gasteiger partial charge in [0.1, 0.15) is 6.29 Å². The molecule has 0 aromatic carbocycles. The zero-order chi connectivity index (χ0) is 14.9. The predicted octanol–water partition coefficient (Wildman–Crippen LogP) is 0.342. The standard InChI is InChI=1S/C14H30N2O4/c1-2-18-9-10-20-12-11-19-8-6-16-13-14(15)5-3-4-7-17/h7,14,16H,2-6,8-13,15H2,1H3. The molecule has 0 aliphatic heterocycles. The number of rotatable bonds is 16. The molecule has 0 spiro atoms. The van der Waals surface area contributed by atoms with E-state index in [1.807, 2.05) is 6.92 Å². The van der Waals surface area contributed by atoms with Crippen LogP contribution < -0.4 is 11.1 Å². The Bertz CT molecular complexity index is 206. The van der Waals surface area contributed by atoms with Gasteiger partial charge in [-0.15, -0.1) is 0 Å². The number of nitrogens with one attached hydrogen (secondary N) is 1. The van der Waals surface area contributed by atoms with Gasteiger partial charge in [0.15, 0.2) is 0 Å². The summed E-state index contributed by atoms with van der Waals surface area (Å²) in [4.78, 5) is 10.2. The first-order valence-electron chi connectivity index (χ1n) is 7.44. The van der Waals surface area contributed by atoms with E-state index >= 15 is 0 Å². The molecule has 0 radical (unpaired) electrons.